The SMILES string of the molecule is Cc1noc(-c2ccc3nc(Cc4cc(CN5C[C@@H](C)N(C(=O)CC6CC6)C[C@@H]5C)ccn4)[nH]c3c2)n1. The Morgan fingerprint density at radius 3 is 2.76 bits per heavy atom. The molecule has 1 aliphatic heterocycles. The third-order valence-corrected chi connectivity index (χ3v) is 7.52. The van der Waals surface area contributed by atoms with Gasteiger partial charge < -0.3 is 14.4 Å². The molecule has 1 aliphatic carbocycles. The summed E-state index contributed by atoms with van der Waals surface area (Å²) in [6, 6.07) is 10.7. The van der Waals surface area contributed by atoms with Crippen molar-refractivity contribution in [1.82, 2.24) is 34.9 Å². The minimum atomic E-state index is 0.236. The van der Waals surface area contributed by atoms with Crippen LogP contribution in [-0.4, -0.2) is 66.0 Å². The number of nitrogens with one attached hydrogen (secondary N) is 1. The van der Waals surface area contributed by atoms with Crippen LogP contribution in [0.4, 0.5) is 0 Å². The number of aryl methyl sites for hydroxylation is 1. The van der Waals surface area contributed by atoms with Gasteiger partial charge in [-0.15, -0.1) is 0 Å². The van der Waals surface area contributed by atoms with E-state index in [0.29, 0.717) is 36.0 Å². The summed E-state index contributed by atoms with van der Waals surface area (Å²) in [5, 5.41) is 3.88. The number of aromatic amines is 1. The molecule has 2 atom stereocenters. The zero-order valence-electron chi connectivity index (χ0n) is 21.6. The molecule has 37 heavy (non-hydrogen) atoms. The Balaban J connectivity index is 1.12. The molecule has 6 rings (SSSR count). The number of hydrogen-bond acceptors (Lipinski definition) is 7. The maximum absolute atomic E-state index is 12.7. The summed E-state index contributed by atoms with van der Waals surface area (Å²) in [4.78, 5) is 34.4. The van der Waals surface area contributed by atoms with Gasteiger partial charge in [-0.05, 0) is 75.4 Å². The molecule has 0 spiro atoms. The van der Waals surface area contributed by atoms with Gasteiger partial charge >= 0.3 is 0 Å². The molecule has 4 heterocycles. The molecule has 3 aromatic heterocycles. The summed E-state index contributed by atoms with van der Waals surface area (Å²) < 4.78 is 5.30. The number of carbonyl (C=O) groups is 1. The van der Waals surface area contributed by atoms with Crippen LogP contribution in [0.2, 0.25) is 0 Å². The standard InChI is InChI=1S/C28H33N7O2/c1-17-15-35(27(36)11-20-4-5-20)18(2)14-34(17)16-21-8-9-29-23(10-21)13-26-31-24-7-6-22(12-25(24)32-26)28-30-19(3)33-37-28/h6-10,12,17-18,20H,4-5,11,13-16H2,1-3H3,(H,31,32)/t17-,18+/m0/s1. The van der Waals surface area contributed by atoms with Crippen molar-refractivity contribution >= 4 is 16.9 Å². The number of nitrogens with zero attached hydrogens (tertiary/aromatic N) is 6. The average Bonchev–Trinajstić information content (AvgIpc) is 3.42. The first-order chi connectivity index (χ1) is 17.9. The molecular weight excluding hydrogens is 466 g/mol. The van der Waals surface area contributed by atoms with Crippen molar-refractivity contribution in [3.63, 3.8) is 0 Å². The fraction of sp³-hybridized carbons (Fsp3) is 0.464. The molecule has 4 aromatic rings. The van der Waals surface area contributed by atoms with Gasteiger partial charge in [0.1, 0.15) is 5.82 Å². The molecule has 2 aliphatic rings. The van der Waals surface area contributed by atoms with Gasteiger partial charge in [-0.2, -0.15) is 4.98 Å². The van der Waals surface area contributed by atoms with E-state index in [2.05, 4.69) is 55.9 Å². The van der Waals surface area contributed by atoms with Gasteiger partial charge in [-0.3, -0.25) is 14.7 Å². The van der Waals surface area contributed by atoms with E-state index < -0.39 is 0 Å². The van der Waals surface area contributed by atoms with Crippen LogP contribution in [0.5, 0.6) is 0 Å². The molecule has 1 saturated heterocycles. The monoisotopic (exact) mass is 499 g/mol. The Morgan fingerprint density at radius 1 is 1.11 bits per heavy atom. The summed E-state index contributed by atoms with van der Waals surface area (Å²) in [6.45, 7) is 8.74. The third-order valence-electron chi connectivity index (χ3n) is 7.52. The lowest BCUT2D eigenvalue weighted by molar-refractivity contribution is -0.137. The van der Waals surface area contributed by atoms with Gasteiger partial charge in [0.25, 0.3) is 5.89 Å². The highest BCUT2D eigenvalue weighted by molar-refractivity contribution is 5.80. The smallest absolute Gasteiger partial charge is 0.257 e. The van der Waals surface area contributed by atoms with Gasteiger partial charge in [0.15, 0.2) is 5.82 Å². The summed E-state index contributed by atoms with van der Waals surface area (Å²) >= 11 is 0. The van der Waals surface area contributed by atoms with Gasteiger partial charge in [0, 0.05) is 62.0 Å². The largest absolute Gasteiger partial charge is 0.342 e. The Bertz CT molecular complexity index is 1420. The van der Waals surface area contributed by atoms with E-state index in [1.165, 1.54) is 18.4 Å². The number of hydrogen-bond donors (Lipinski definition) is 1. The third kappa shape index (κ3) is 5.27. The number of imidazole rings is 1. The Kier molecular flexibility index (Phi) is 6.24. The average molecular weight is 500 g/mol. The van der Waals surface area contributed by atoms with Gasteiger partial charge in [-0.25, -0.2) is 4.98 Å². The number of piperazine rings is 1. The predicted molar refractivity (Wildman–Crippen MR) is 140 cm³/mol. The molecule has 0 bridgehead atoms. The van der Waals surface area contributed by atoms with E-state index in [1.807, 2.05) is 24.4 Å². The minimum absolute atomic E-state index is 0.236. The zero-order chi connectivity index (χ0) is 25.5. The molecule has 192 valence electrons. The number of amides is 1. The fourth-order valence-corrected chi connectivity index (χ4v) is 5.27. The number of H-pyrrole nitrogens is 1. The van der Waals surface area contributed by atoms with Crippen LogP contribution < -0.4 is 0 Å². The molecule has 0 unspecified atom stereocenters. The number of aromatic nitrogens is 5. The molecule has 0 radical (unpaired) electrons. The predicted octanol–water partition coefficient (Wildman–Crippen LogP) is 4.13. The van der Waals surface area contributed by atoms with Crippen LogP contribution in [-0.2, 0) is 17.8 Å². The summed E-state index contributed by atoms with van der Waals surface area (Å²) in [6.07, 6.45) is 5.66. The van der Waals surface area contributed by atoms with Crippen LogP contribution in [0.25, 0.3) is 22.5 Å². The van der Waals surface area contributed by atoms with E-state index >= 15 is 0 Å². The number of carbonyl (C=O) groups excluding carboxylic acids is 1. The number of rotatable bonds is 7. The lowest BCUT2D eigenvalue weighted by atomic mass is 10.1. The Hall–Kier alpha value is -3.59. The van der Waals surface area contributed by atoms with Crippen LogP contribution in [0.1, 0.15) is 56.0 Å². The van der Waals surface area contributed by atoms with E-state index in [4.69, 9.17) is 9.51 Å². The van der Waals surface area contributed by atoms with Crippen molar-refractivity contribution in [3.8, 4) is 11.5 Å². The van der Waals surface area contributed by atoms with E-state index in [9.17, 15) is 4.79 Å². The van der Waals surface area contributed by atoms with Crippen molar-refractivity contribution in [2.75, 3.05) is 13.1 Å². The number of benzene rings is 1. The van der Waals surface area contributed by atoms with Crippen molar-refractivity contribution in [1.29, 1.82) is 0 Å². The number of fused-ring (bicyclic) bond motifs is 1. The van der Waals surface area contributed by atoms with Gasteiger partial charge in [0.2, 0.25) is 5.91 Å². The van der Waals surface area contributed by atoms with Crippen molar-refractivity contribution < 1.29 is 9.32 Å². The highest BCUT2D eigenvalue weighted by Gasteiger charge is 2.34. The molecule has 1 amide bonds. The van der Waals surface area contributed by atoms with Crippen LogP contribution >= 0.6 is 0 Å². The first-order valence-electron chi connectivity index (χ1n) is 13.2. The van der Waals surface area contributed by atoms with Crippen molar-refractivity contribution in [2.45, 2.75) is 65.1 Å². The second-order valence-corrected chi connectivity index (χ2v) is 10.7. The van der Waals surface area contributed by atoms with Gasteiger partial charge in [0.05, 0.1) is 11.0 Å². The molecule has 9 nitrogen and oxygen atoms in total. The normalized spacial score (nSPS) is 20.6. The Morgan fingerprint density at radius 2 is 1.97 bits per heavy atom. The van der Waals surface area contributed by atoms with Crippen LogP contribution in [0.3, 0.4) is 0 Å². The first kappa shape index (κ1) is 23.8. The lowest BCUT2D eigenvalue weighted by Crippen LogP contribution is -2.57. The maximum atomic E-state index is 12.7. The Labute approximate surface area is 216 Å². The molecular formula is C28H33N7O2. The topological polar surface area (TPSA) is 104 Å². The second-order valence-electron chi connectivity index (χ2n) is 10.7. The minimum Gasteiger partial charge on any atom is -0.342 e. The molecule has 1 aromatic carbocycles. The summed E-state index contributed by atoms with van der Waals surface area (Å²) in [5.41, 5.74) is 4.89. The highest BCUT2D eigenvalue weighted by atomic mass is 16.5. The molecule has 1 saturated carbocycles. The van der Waals surface area contributed by atoms with Gasteiger partial charge in [-0.1, -0.05) is 5.16 Å². The second kappa shape index (κ2) is 9.70. The summed E-state index contributed by atoms with van der Waals surface area (Å²) in [5.74, 6) is 2.94. The number of pyridine rings is 1. The summed E-state index contributed by atoms with van der Waals surface area (Å²) in [7, 11) is 0. The van der Waals surface area contributed by atoms with E-state index in [-0.39, 0.29) is 6.04 Å². The van der Waals surface area contributed by atoms with Crippen molar-refractivity contribution in [2.24, 2.45) is 5.92 Å². The first-order valence-corrected chi connectivity index (χ1v) is 13.2. The lowest BCUT2D eigenvalue weighted by Gasteiger charge is -2.44. The van der Waals surface area contributed by atoms with Crippen LogP contribution in [0.15, 0.2) is 41.1 Å². The van der Waals surface area contributed by atoms with E-state index in [1.54, 1.807) is 6.92 Å². The van der Waals surface area contributed by atoms with Crippen LogP contribution in [0, 0.1) is 12.8 Å². The van der Waals surface area contributed by atoms with E-state index in [0.717, 1.165) is 54.2 Å². The van der Waals surface area contributed by atoms with Crippen molar-refractivity contribution in [3.05, 3.63) is 59.4 Å². The molecule has 1 N–H and O–H groups in total. The maximum Gasteiger partial charge on any atom is 0.257 e. The molecule has 9 heteroatoms. The zero-order valence-corrected chi connectivity index (χ0v) is 21.6. The highest BCUT2D eigenvalue weighted by Crippen LogP contribution is 2.33. The fourth-order valence-electron chi connectivity index (χ4n) is 5.27. The molecule has 2 fully saturated rings. The quantitative estimate of drug-likeness (QED) is 0.408.